The van der Waals surface area contributed by atoms with Crippen molar-refractivity contribution < 1.29 is 9.32 Å². The number of halogens is 1. The fourth-order valence-electron chi connectivity index (χ4n) is 2.63. The zero-order valence-electron chi connectivity index (χ0n) is 11.6. The molecule has 1 fully saturated rings. The van der Waals surface area contributed by atoms with E-state index in [0.717, 1.165) is 28.4 Å². The molecule has 2 heterocycles. The van der Waals surface area contributed by atoms with Gasteiger partial charge in [0.2, 0.25) is 5.89 Å². The second-order valence-electron chi connectivity index (χ2n) is 5.59. The molecule has 0 aliphatic carbocycles. The Kier molecular flexibility index (Phi) is 4.17. The van der Waals surface area contributed by atoms with Crippen molar-refractivity contribution in [3.05, 3.63) is 34.6 Å². The summed E-state index contributed by atoms with van der Waals surface area (Å²) in [6, 6.07) is 7.92. The van der Waals surface area contributed by atoms with Gasteiger partial charge in [-0.25, -0.2) is 0 Å². The van der Waals surface area contributed by atoms with Crippen molar-refractivity contribution in [3.8, 4) is 11.5 Å². The number of benzene rings is 1. The first-order chi connectivity index (χ1) is 9.72. The number of likely N-dealkylation sites (tertiary alicyclic amines) is 1. The fourth-order valence-corrected chi connectivity index (χ4v) is 3.08. The molecule has 3 rings (SSSR count). The highest BCUT2D eigenvalue weighted by atomic mass is 79.9. The third-order valence-corrected chi connectivity index (χ3v) is 4.65. The van der Waals surface area contributed by atoms with Crippen LogP contribution in [0.3, 0.4) is 0 Å². The molecular weight excluding hydrogens is 318 g/mol. The molecule has 5 heteroatoms. The maximum absolute atomic E-state index is 5.81. The second-order valence-corrected chi connectivity index (χ2v) is 6.44. The summed E-state index contributed by atoms with van der Waals surface area (Å²) in [6.45, 7) is 5.57. The van der Waals surface area contributed by atoms with Gasteiger partial charge in [-0.1, -0.05) is 19.1 Å². The van der Waals surface area contributed by atoms with Crippen molar-refractivity contribution >= 4 is 15.9 Å². The quantitative estimate of drug-likeness (QED) is 0.935. The first kappa shape index (κ1) is 13.8. The molecule has 0 unspecified atom stereocenters. The van der Waals surface area contributed by atoms with E-state index in [4.69, 9.17) is 4.42 Å². The Hall–Kier alpha value is -1.20. The van der Waals surface area contributed by atoms with Crippen molar-refractivity contribution in [2.45, 2.75) is 26.3 Å². The summed E-state index contributed by atoms with van der Waals surface area (Å²) in [7, 11) is 0. The Morgan fingerprint density at radius 2 is 2.00 bits per heavy atom. The summed E-state index contributed by atoms with van der Waals surface area (Å²) < 4.78 is 6.79. The molecule has 106 valence electrons. The number of quaternary nitrogens is 1. The molecule has 4 nitrogen and oxygen atoms in total. The number of piperidine rings is 1. The summed E-state index contributed by atoms with van der Waals surface area (Å²) in [5, 5.41) is 8.36. The first-order valence-corrected chi connectivity index (χ1v) is 7.92. The van der Waals surface area contributed by atoms with E-state index in [0.29, 0.717) is 5.89 Å². The minimum Gasteiger partial charge on any atom is -0.415 e. The van der Waals surface area contributed by atoms with Gasteiger partial charge in [-0.2, -0.15) is 0 Å². The fraction of sp³-hybridized carbons (Fsp3) is 0.467. The van der Waals surface area contributed by atoms with Crippen LogP contribution in [0.2, 0.25) is 0 Å². The van der Waals surface area contributed by atoms with Crippen molar-refractivity contribution in [3.63, 3.8) is 0 Å². The van der Waals surface area contributed by atoms with Gasteiger partial charge in [0.25, 0.3) is 5.89 Å². The number of nitrogens with zero attached hydrogens (tertiary/aromatic N) is 2. The lowest BCUT2D eigenvalue weighted by Gasteiger charge is -2.25. The van der Waals surface area contributed by atoms with E-state index in [-0.39, 0.29) is 0 Å². The summed E-state index contributed by atoms with van der Waals surface area (Å²) in [5.74, 6) is 2.19. The molecule has 1 saturated heterocycles. The smallest absolute Gasteiger partial charge is 0.271 e. The van der Waals surface area contributed by atoms with E-state index in [9.17, 15) is 0 Å². The first-order valence-electron chi connectivity index (χ1n) is 7.13. The minimum atomic E-state index is 0.595. The molecule has 1 aliphatic rings. The lowest BCUT2D eigenvalue weighted by molar-refractivity contribution is -0.921. The number of aromatic nitrogens is 2. The summed E-state index contributed by atoms with van der Waals surface area (Å²) in [4.78, 5) is 1.55. The van der Waals surface area contributed by atoms with Gasteiger partial charge in [-0.3, -0.25) is 0 Å². The maximum atomic E-state index is 5.81. The normalized spacial score (nSPS) is 22.9. The highest BCUT2D eigenvalue weighted by Gasteiger charge is 2.21. The standard InChI is InChI=1S/C15H18BrN3O/c1-11-6-8-19(9-7-11)10-14-17-18-15(20-14)12-4-2-3-5-13(12)16/h2-5,11H,6-10H2,1H3/p+1. The predicted octanol–water partition coefficient (Wildman–Crippen LogP) is 2.31. The number of nitrogens with one attached hydrogen (secondary N) is 1. The molecule has 1 aromatic heterocycles. The van der Waals surface area contributed by atoms with Gasteiger partial charge in [0.15, 0.2) is 6.54 Å². The average molecular weight is 337 g/mol. The molecule has 0 atom stereocenters. The Balaban J connectivity index is 1.70. The Labute approximate surface area is 127 Å². The monoisotopic (exact) mass is 336 g/mol. The lowest BCUT2D eigenvalue weighted by Crippen LogP contribution is -3.11. The molecule has 0 radical (unpaired) electrons. The largest absolute Gasteiger partial charge is 0.415 e. The number of rotatable bonds is 3. The molecule has 0 amide bonds. The summed E-state index contributed by atoms with van der Waals surface area (Å²) in [6.07, 6.45) is 2.58. The van der Waals surface area contributed by atoms with Crippen LogP contribution >= 0.6 is 15.9 Å². The van der Waals surface area contributed by atoms with Gasteiger partial charge in [-0.15, -0.1) is 10.2 Å². The van der Waals surface area contributed by atoms with Crippen LogP contribution in [-0.2, 0) is 6.54 Å². The molecule has 1 aliphatic heterocycles. The topological polar surface area (TPSA) is 43.4 Å². The second kappa shape index (κ2) is 6.06. The van der Waals surface area contributed by atoms with E-state index < -0.39 is 0 Å². The van der Waals surface area contributed by atoms with E-state index in [1.165, 1.54) is 25.9 Å². The zero-order chi connectivity index (χ0) is 13.9. The highest BCUT2D eigenvalue weighted by Crippen LogP contribution is 2.26. The molecule has 2 aromatic rings. The van der Waals surface area contributed by atoms with Crippen molar-refractivity contribution in [1.82, 2.24) is 10.2 Å². The van der Waals surface area contributed by atoms with Crippen LogP contribution < -0.4 is 4.90 Å². The average Bonchev–Trinajstić information content (AvgIpc) is 2.90. The number of hydrogen-bond acceptors (Lipinski definition) is 3. The van der Waals surface area contributed by atoms with Gasteiger partial charge in [0, 0.05) is 4.47 Å². The maximum Gasteiger partial charge on any atom is 0.271 e. The van der Waals surface area contributed by atoms with Crippen molar-refractivity contribution in [2.24, 2.45) is 5.92 Å². The molecule has 0 bridgehead atoms. The zero-order valence-corrected chi connectivity index (χ0v) is 13.2. The molecule has 0 saturated carbocycles. The van der Waals surface area contributed by atoms with Crippen LogP contribution in [0.25, 0.3) is 11.5 Å². The Bertz CT molecular complexity index is 576. The van der Waals surface area contributed by atoms with Crippen LogP contribution in [0.1, 0.15) is 25.7 Å². The number of hydrogen-bond donors (Lipinski definition) is 1. The Morgan fingerprint density at radius 1 is 1.25 bits per heavy atom. The SMILES string of the molecule is CC1CC[NH+](Cc2nnc(-c3ccccc3Br)o2)CC1. The van der Waals surface area contributed by atoms with Gasteiger partial charge < -0.3 is 9.32 Å². The van der Waals surface area contributed by atoms with Crippen LogP contribution in [0.15, 0.2) is 33.2 Å². The van der Waals surface area contributed by atoms with Crippen molar-refractivity contribution in [2.75, 3.05) is 13.1 Å². The van der Waals surface area contributed by atoms with E-state index >= 15 is 0 Å². The molecule has 1 aromatic carbocycles. The van der Waals surface area contributed by atoms with Crippen LogP contribution in [0, 0.1) is 5.92 Å². The summed E-state index contributed by atoms with van der Waals surface area (Å²) in [5.41, 5.74) is 0.952. The molecule has 0 spiro atoms. The van der Waals surface area contributed by atoms with E-state index in [1.807, 2.05) is 24.3 Å². The predicted molar refractivity (Wildman–Crippen MR) is 80.2 cm³/mol. The Morgan fingerprint density at radius 3 is 2.75 bits per heavy atom. The lowest BCUT2D eigenvalue weighted by atomic mass is 9.99. The molecule has 20 heavy (non-hydrogen) atoms. The molecular formula is C15H19BrN3O+. The summed E-state index contributed by atoms with van der Waals surface area (Å²) >= 11 is 3.51. The van der Waals surface area contributed by atoms with Gasteiger partial charge in [0.1, 0.15) is 0 Å². The third-order valence-electron chi connectivity index (χ3n) is 3.95. The van der Waals surface area contributed by atoms with Gasteiger partial charge in [0.05, 0.1) is 18.7 Å². The van der Waals surface area contributed by atoms with E-state index in [2.05, 4.69) is 33.1 Å². The van der Waals surface area contributed by atoms with Crippen molar-refractivity contribution in [1.29, 1.82) is 0 Å². The van der Waals surface area contributed by atoms with Crippen LogP contribution in [-0.4, -0.2) is 23.3 Å². The van der Waals surface area contributed by atoms with Crippen LogP contribution in [0.5, 0.6) is 0 Å². The third kappa shape index (κ3) is 3.10. The van der Waals surface area contributed by atoms with Gasteiger partial charge >= 0.3 is 0 Å². The minimum absolute atomic E-state index is 0.595. The highest BCUT2D eigenvalue weighted by molar-refractivity contribution is 9.10. The van der Waals surface area contributed by atoms with Crippen LogP contribution in [0.4, 0.5) is 0 Å². The molecule has 1 N–H and O–H groups in total. The van der Waals surface area contributed by atoms with E-state index in [1.54, 1.807) is 4.90 Å². The van der Waals surface area contributed by atoms with Gasteiger partial charge in [-0.05, 0) is 46.8 Å².